The van der Waals surface area contributed by atoms with Crippen molar-refractivity contribution in [3.8, 4) is 0 Å². The third-order valence-electron chi connectivity index (χ3n) is 3.26. The van der Waals surface area contributed by atoms with E-state index >= 15 is 0 Å². The smallest absolute Gasteiger partial charge is 0.256 e. The summed E-state index contributed by atoms with van der Waals surface area (Å²) in [7, 11) is 0. The Balaban J connectivity index is 2.78. The van der Waals surface area contributed by atoms with Crippen LogP contribution in [0.2, 0.25) is 0 Å². The van der Waals surface area contributed by atoms with Crippen LogP contribution in [0.25, 0.3) is 0 Å². The molecule has 0 aliphatic rings. The second kappa shape index (κ2) is 9.42. The monoisotopic (exact) mass is 358 g/mol. The van der Waals surface area contributed by atoms with Crippen molar-refractivity contribution in [1.29, 1.82) is 0 Å². The molecule has 0 aliphatic heterocycles. The summed E-state index contributed by atoms with van der Waals surface area (Å²) in [6.07, 6.45) is -8.86. The fraction of sp³-hybridized carbons (Fsp3) is 0.467. The van der Waals surface area contributed by atoms with Gasteiger partial charge >= 0.3 is 0 Å². The number of nitrogens with one attached hydrogen (secondary N) is 2. The molecule has 1 aromatic carbocycles. The van der Waals surface area contributed by atoms with E-state index in [-0.39, 0.29) is 11.3 Å². The van der Waals surface area contributed by atoms with Crippen molar-refractivity contribution in [2.45, 2.75) is 37.6 Å². The largest absolute Gasteiger partial charge is 0.394 e. The lowest BCUT2D eigenvalue weighted by Gasteiger charge is -2.25. The van der Waals surface area contributed by atoms with Crippen molar-refractivity contribution < 1.29 is 40.2 Å². The lowest BCUT2D eigenvalue weighted by molar-refractivity contribution is -0.144. The highest BCUT2D eigenvalue weighted by Gasteiger charge is 2.34. The van der Waals surface area contributed by atoms with Gasteiger partial charge in [0.05, 0.1) is 6.61 Å². The van der Waals surface area contributed by atoms with Gasteiger partial charge in [0, 0.05) is 11.3 Å². The number of benzene rings is 1. The van der Waals surface area contributed by atoms with Gasteiger partial charge in [-0.2, -0.15) is 0 Å². The number of hydrogen-bond donors (Lipinski definition) is 8. The van der Waals surface area contributed by atoms with E-state index in [4.69, 9.17) is 10.2 Å². The second-order valence-corrected chi connectivity index (χ2v) is 5.40. The Labute approximate surface area is 143 Å². The fourth-order valence-electron chi connectivity index (χ4n) is 1.90. The Bertz CT molecular complexity index is 595. The summed E-state index contributed by atoms with van der Waals surface area (Å²) in [4.78, 5) is 23.7. The molecule has 25 heavy (non-hydrogen) atoms. The maximum absolute atomic E-state index is 11.9. The lowest BCUT2D eigenvalue weighted by atomic mass is 10.0. The van der Waals surface area contributed by atoms with Crippen LogP contribution in [-0.2, 0) is 4.79 Å². The number of aliphatic hydroxyl groups excluding tert-OH is 6. The number of carbonyl (C=O) groups is 2. The van der Waals surface area contributed by atoms with Gasteiger partial charge in [-0.1, -0.05) is 6.07 Å². The summed E-state index contributed by atoms with van der Waals surface area (Å²) in [5.74, 6) is -1.68. The quantitative estimate of drug-likeness (QED) is 0.228. The van der Waals surface area contributed by atoms with Gasteiger partial charge < -0.3 is 41.3 Å². The summed E-state index contributed by atoms with van der Waals surface area (Å²) < 4.78 is 0. The third-order valence-corrected chi connectivity index (χ3v) is 3.26. The van der Waals surface area contributed by atoms with Crippen LogP contribution in [0.15, 0.2) is 24.3 Å². The number of carbonyl (C=O) groups excluding carboxylic acids is 2. The number of hydrogen-bond acceptors (Lipinski definition) is 8. The summed E-state index contributed by atoms with van der Waals surface area (Å²) in [6.45, 7) is 0.486. The van der Waals surface area contributed by atoms with E-state index in [0.29, 0.717) is 0 Å². The average Bonchev–Trinajstić information content (AvgIpc) is 2.58. The van der Waals surface area contributed by atoms with Crippen molar-refractivity contribution >= 4 is 17.5 Å². The van der Waals surface area contributed by atoms with Crippen LogP contribution in [-0.4, -0.2) is 79.7 Å². The Morgan fingerprint density at radius 3 is 2.28 bits per heavy atom. The number of rotatable bonds is 8. The molecule has 5 unspecified atom stereocenters. The zero-order chi connectivity index (χ0) is 19.1. The standard InChI is InChI=1S/C15H22N2O8/c1-7(19)16-14(24)8-3-2-4-9(5-8)17-15(25)13(23)12(22)11(21)10(20)6-18/h2-5,7,10-13,18-23H,6H2,1H3,(H,16,24)(H,17,25). The molecule has 0 spiro atoms. The highest BCUT2D eigenvalue weighted by atomic mass is 16.4. The fourth-order valence-corrected chi connectivity index (χ4v) is 1.90. The lowest BCUT2D eigenvalue weighted by Crippen LogP contribution is -2.50. The molecule has 2 amide bonds. The molecule has 0 heterocycles. The normalized spacial score (nSPS) is 17.1. The van der Waals surface area contributed by atoms with E-state index in [9.17, 15) is 30.0 Å². The van der Waals surface area contributed by atoms with Crippen molar-refractivity contribution in [2.24, 2.45) is 0 Å². The minimum Gasteiger partial charge on any atom is -0.394 e. The molecule has 5 atom stereocenters. The summed E-state index contributed by atoms with van der Waals surface area (Å²) >= 11 is 0. The Morgan fingerprint density at radius 1 is 1.08 bits per heavy atom. The van der Waals surface area contributed by atoms with Crippen LogP contribution in [0.1, 0.15) is 17.3 Å². The molecule has 8 N–H and O–H groups in total. The highest BCUT2D eigenvalue weighted by Crippen LogP contribution is 2.13. The molecule has 10 nitrogen and oxygen atoms in total. The van der Waals surface area contributed by atoms with Crippen molar-refractivity contribution in [2.75, 3.05) is 11.9 Å². The number of amides is 2. The van der Waals surface area contributed by atoms with Crippen molar-refractivity contribution in [3.63, 3.8) is 0 Å². The molecule has 1 aromatic rings. The minimum atomic E-state index is -2.09. The SMILES string of the molecule is CC(O)NC(=O)c1cccc(NC(=O)C(O)C(O)C(O)C(O)CO)c1. The van der Waals surface area contributed by atoms with E-state index in [0.717, 1.165) is 0 Å². The molecule has 0 saturated heterocycles. The van der Waals surface area contributed by atoms with Gasteiger partial charge in [0.1, 0.15) is 24.5 Å². The molecular weight excluding hydrogens is 336 g/mol. The van der Waals surface area contributed by atoms with Crippen LogP contribution in [0.3, 0.4) is 0 Å². The Hall–Kier alpha value is -2.08. The zero-order valence-corrected chi connectivity index (χ0v) is 13.4. The molecule has 0 aliphatic carbocycles. The molecule has 0 bridgehead atoms. The van der Waals surface area contributed by atoms with Crippen molar-refractivity contribution in [3.05, 3.63) is 29.8 Å². The number of anilines is 1. The van der Waals surface area contributed by atoms with Crippen LogP contribution < -0.4 is 10.6 Å². The topological polar surface area (TPSA) is 180 Å². The molecule has 140 valence electrons. The predicted octanol–water partition coefficient (Wildman–Crippen LogP) is -2.87. The third kappa shape index (κ3) is 6.05. The zero-order valence-electron chi connectivity index (χ0n) is 13.4. The first-order chi connectivity index (χ1) is 11.7. The van der Waals surface area contributed by atoms with Gasteiger partial charge in [0.15, 0.2) is 6.10 Å². The summed E-state index contributed by atoms with van der Waals surface area (Å²) in [5.41, 5.74) is 0.246. The van der Waals surface area contributed by atoms with E-state index in [1.807, 2.05) is 0 Å². The van der Waals surface area contributed by atoms with Gasteiger partial charge in [0.25, 0.3) is 11.8 Å². The summed E-state index contributed by atoms with van der Waals surface area (Å²) in [5, 5.41) is 60.4. The highest BCUT2D eigenvalue weighted by molar-refractivity contribution is 5.98. The van der Waals surface area contributed by atoms with Gasteiger partial charge in [-0.05, 0) is 25.1 Å². The van der Waals surface area contributed by atoms with Gasteiger partial charge in [-0.25, -0.2) is 0 Å². The van der Waals surface area contributed by atoms with Crippen LogP contribution in [0.5, 0.6) is 0 Å². The first kappa shape index (κ1) is 21.0. The van der Waals surface area contributed by atoms with Gasteiger partial charge in [-0.15, -0.1) is 0 Å². The van der Waals surface area contributed by atoms with E-state index in [2.05, 4.69) is 10.6 Å². The maximum Gasteiger partial charge on any atom is 0.256 e. The Morgan fingerprint density at radius 2 is 1.72 bits per heavy atom. The molecule has 1 rings (SSSR count). The minimum absolute atomic E-state index is 0.117. The van der Waals surface area contributed by atoms with E-state index in [1.165, 1.54) is 31.2 Å². The van der Waals surface area contributed by atoms with Crippen LogP contribution >= 0.6 is 0 Å². The predicted molar refractivity (Wildman–Crippen MR) is 85.3 cm³/mol. The molecule has 10 heteroatoms. The van der Waals surface area contributed by atoms with E-state index < -0.39 is 49.1 Å². The Kier molecular flexibility index (Phi) is 7.90. The molecule has 0 fully saturated rings. The molecular formula is C15H22N2O8. The average molecular weight is 358 g/mol. The van der Waals surface area contributed by atoms with Gasteiger partial charge in [0.2, 0.25) is 0 Å². The molecule has 0 aromatic heterocycles. The first-order valence-electron chi connectivity index (χ1n) is 7.40. The van der Waals surface area contributed by atoms with E-state index in [1.54, 1.807) is 0 Å². The van der Waals surface area contributed by atoms with Crippen molar-refractivity contribution in [1.82, 2.24) is 5.32 Å². The molecule has 0 radical (unpaired) electrons. The number of aliphatic hydroxyl groups is 6. The second-order valence-electron chi connectivity index (χ2n) is 5.40. The summed E-state index contributed by atoms with van der Waals surface area (Å²) in [6, 6.07) is 5.56. The van der Waals surface area contributed by atoms with Crippen LogP contribution in [0.4, 0.5) is 5.69 Å². The maximum atomic E-state index is 11.9. The van der Waals surface area contributed by atoms with Gasteiger partial charge in [-0.3, -0.25) is 9.59 Å². The first-order valence-corrected chi connectivity index (χ1v) is 7.40. The van der Waals surface area contributed by atoms with Crippen LogP contribution in [0, 0.1) is 0 Å². The molecule has 0 saturated carbocycles.